The van der Waals surface area contributed by atoms with Crippen molar-refractivity contribution in [3.05, 3.63) is 5.82 Å². The maximum absolute atomic E-state index is 6.02. The van der Waals surface area contributed by atoms with Gasteiger partial charge in [-0.2, -0.15) is 0 Å². The molecule has 156 valence electrons. The van der Waals surface area contributed by atoms with Crippen LogP contribution in [0, 0.1) is 5.92 Å². The van der Waals surface area contributed by atoms with Gasteiger partial charge in [0.1, 0.15) is 5.82 Å². The summed E-state index contributed by atoms with van der Waals surface area (Å²) in [6, 6.07) is 0.555. The number of aliphatic imine (C=N–C) groups is 1. The SMILES string of the molecule is CCN1CCCC1CN=C(N)NCCCc1nnc(SC)n1CC(C)C.I. The zero-order chi connectivity index (χ0) is 18.9. The second-order valence-corrected chi connectivity index (χ2v) is 8.06. The summed E-state index contributed by atoms with van der Waals surface area (Å²) in [5, 5.41) is 12.9. The number of halogens is 1. The molecule has 0 bridgehead atoms. The average molecular weight is 510 g/mol. The molecular formula is C18H36IN7S. The first-order valence-corrected chi connectivity index (χ1v) is 11.0. The lowest BCUT2D eigenvalue weighted by molar-refractivity contribution is 0.273. The molecule has 1 atom stereocenters. The number of thioether (sulfide) groups is 1. The number of nitrogens with two attached hydrogens (primary N) is 1. The van der Waals surface area contributed by atoms with Gasteiger partial charge in [-0.3, -0.25) is 9.89 Å². The largest absolute Gasteiger partial charge is 0.370 e. The second-order valence-electron chi connectivity index (χ2n) is 7.29. The van der Waals surface area contributed by atoms with Crippen molar-refractivity contribution in [2.75, 3.05) is 32.4 Å². The van der Waals surface area contributed by atoms with Gasteiger partial charge in [0.25, 0.3) is 0 Å². The van der Waals surface area contributed by atoms with Crippen LogP contribution in [0.5, 0.6) is 0 Å². The summed E-state index contributed by atoms with van der Waals surface area (Å²) in [5.41, 5.74) is 6.02. The molecule has 0 aliphatic carbocycles. The van der Waals surface area contributed by atoms with Crippen LogP contribution in [0.15, 0.2) is 10.1 Å². The van der Waals surface area contributed by atoms with Crippen molar-refractivity contribution in [3.8, 4) is 0 Å². The van der Waals surface area contributed by atoms with Crippen LogP contribution in [-0.4, -0.2) is 64.1 Å². The molecule has 1 saturated heterocycles. The van der Waals surface area contributed by atoms with E-state index in [9.17, 15) is 0 Å². The van der Waals surface area contributed by atoms with Crippen LogP contribution >= 0.6 is 35.7 Å². The molecule has 1 aromatic heterocycles. The van der Waals surface area contributed by atoms with Gasteiger partial charge in [0.15, 0.2) is 11.1 Å². The topological polar surface area (TPSA) is 84.4 Å². The van der Waals surface area contributed by atoms with E-state index in [1.807, 2.05) is 6.26 Å². The van der Waals surface area contributed by atoms with Crippen LogP contribution in [0.2, 0.25) is 0 Å². The smallest absolute Gasteiger partial charge is 0.190 e. The molecule has 1 aromatic rings. The molecule has 3 N–H and O–H groups in total. The Labute approximate surface area is 185 Å². The molecule has 0 saturated carbocycles. The summed E-state index contributed by atoms with van der Waals surface area (Å²) in [6.45, 7) is 11.5. The first-order chi connectivity index (χ1) is 12.5. The Morgan fingerprint density at radius 3 is 2.85 bits per heavy atom. The molecule has 1 fully saturated rings. The monoisotopic (exact) mass is 509 g/mol. The van der Waals surface area contributed by atoms with Gasteiger partial charge in [0, 0.05) is 25.6 Å². The van der Waals surface area contributed by atoms with Gasteiger partial charge >= 0.3 is 0 Å². The van der Waals surface area contributed by atoms with E-state index in [2.05, 4.69) is 50.7 Å². The van der Waals surface area contributed by atoms with Gasteiger partial charge in [0.05, 0.1) is 6.54 Å². The van der Waals surface area contributed by atoms with E-state index in [4.69, 9.17) is 5.73 Å². The normalized spacial score (nSPS) is 18.1. The third kappa shape index (κ3) is 7.77. The highest BCUT2D eigenvalue weighted by Crippen LogP contribution is 2.17. The number of aryl methyl sites for hydroxylation is 1. The molecule has 9 heteroatoms. The standard InChI is InChI=1S/C18H35N7S.HI/c1-5-24-11-7-8-15(24)12-21-17(19)20-10-6-9-16-22-23-18(26-4)25(16)13-14(2)3;/h14-15H,5-13H2,1-4H3,(H3,19,20,21);1H. The summed E-state index contributed by atoms with van der Waals surface area (Å²) >= 11 is 1.65. The van der Waals surface area contributed by atoms with E-state index in [-0.39, 0.29) is 24.0 Å². The van der Waals surface area contributed by atoms with Gasteiger partial charge in [-0.05, 0) is 44.5 Å². The lowest BCUT2D eigenvalue weighted by Gasteiger charge is -2.20. The van der Waals surface area contributed by atoms with Crippen LogP contribution in [-0.2, 0) is 13.0 Å². The summed E-state index contributed by atoms with van der Waals surface area (Å²) in [5.74, 6) is 2.20. The molecule has 0 spiro atoms. The number of nitrogens with zero attached hydrogens (tertiary/aromatic N) is 5. The van der Waals surface area contributed by atoms with Gasteiger partial charge in [-0.15, -0.1) is 34.2 Å². The fourth-order valence-corrected chi connectivity index (χ4v) is 3.97. The van der Waals surface area contributed by atoms with Crippen molar-refractivity contribution < 1.29 is 0 Å². The summed E-state index contributed by atoms with van der Waals surface area (Å²) in [7, 11) is 0. The van der Waals surface area contributed by atoms with Crippen LogP contribution in [0.25, 0.3) is 0 Å². The zero-order valence-electron chi connectivity index (χ0n) is 17.1. The molecule has 27 heavy (non-hydrogen) atoms. The molecule has 1 aliphatic rings. The summed E-state index contributed by atoms with van der Waals surface area (Å²) in [6.07, 6.45) is 6.41. The lowest BCUT2D eigenvalue weighted by atomic mass is 10.2. The Bertz CT molecular complexity index is 576. The van der Waals surface area contributed by atoms with Gasteiger partial charge < -0.3 is 15.6 Å². The first-order valence-electron chi connectivity index (χ1n) is 9.79. The maximum atomic E-state index is 6.02. The van der Waals surface area contributed by atoms with Crippen molar-refractivity contribution in [2.24, 2.45) is 16.6 Å². The van der Waals surface area contributed by atoms with Crippen LogP contribution < -0.4 is 11.1 Å². The van der Waals surface area contributed by atoms with Crippen LogP contribution in [0.1, 0.15) is 45.9 Å². The van der Waals surface area contributed by atoms with E-state index >= 15 is 0 Å². The fourth-order valence-electron chi connectivity index (χ4n) is 3.44. The van der Waals surface area contributed by atoms with E-state index in [0.717, 1.165) is 50.0 Å². The van der Waals surface area contributed by atoms with Crippen molar-refractivity contribution in [3.63, 3.8) is 0 Å². The zero-order valence-corrected chi connectivity index (χ0v) is 20.3. The minimum atomic E-state index is 0. The Hall–Kier alpha value is -0.550. The number of hydrogen-bond acceptors (Lipinski definition) is 5. The quantitative estimate of drug-likeness (QED) is 0.166. The minimum Gasteiger partial charge on any atom is -0.370 e. The highest BCUT2D eigenvalue weighted by Gasteiger charge is 2.22. The number of guanidine groups is 1. The number of nitrogens with one attached hydrogen (secondary N) is 1. The van der Waals surface area contributed by atoms with E-state index < -0.39 is 0 Å². The second kappa shape index (κ2) is 12.8. The third-order valence-electron chi connectivity index (χ3n) is 4.78. The van der Waals surface area contributed by atoms with Gasteiger partial charge in [0.2, 0.25) is 0 Å². The number of hydrogen-bond donors (Lipinski definition) is 2. The number of likely N-dealkylation sites (tertiary alicyclic amines) is 1. The Kier molecular flexibility index (Phi) is 11.6. The Morgan fingerprint density at radius 1 is 1.41 bits per heavy atom. The van der Waals surface area contributed by atoms with Crippen molar-refractivity contribution in [1.29, 1.82) is 0 Å². The van der Waals surface area contributed by atoms with E-state index in [0.29, 0.717) is 17.9 Å². The highest BCUT2D eigenvalue weighted by molar-refractivity contribution is 14.0. The summed E-state index contributed by atoms with van der Waals surface area (Å²) in [4.78, 5) is 7.02. The van der Waals surface area contributed by atoms with Crippen molar-refractivity contribution in [2.45, 2.75) is 64.2 Å². The van der Waals surface area contributed by atoms with Crippen LogP contribution in [0.4, 0.5) is 0 Å². The molecule has 1 aliphatic heterocycles. The maximum Gasteiger partial charge on any atom is 0.190 e. The molecule has 0 radical (unpaired) electrons. The summed E-state index contributed by atoms with van der Waals surface area (Å²) < 4.78 is 2.24. The predicted octanol–water partition coefficient (Wildman–Crippen LogP) is 2.60. The van der Waals surface area contributed by atoms with Gasteiger partial charge in [-0.25, -0.2) is 0 Å². The van der Waals surface area contributed by atoms with Crippen molar-refractivity contribution in [1.82, 2.24) is 25.0 Å². The third-order valence-corrected chi connectivity index (χ3v) is 5.45. The first kappa shape index (κ1) is 24.5. The fraction of sp³-hybridized carbons (Fsp3) is 0.833. The predicted molar refractivity (Wildman–Crippen MR) is 125 cm³/mol. The molecule has 2 heterocycles. The average Bonchev–Trinajstić information content (AvgIpc) is 3.22. The number of likely N-dealkylation sites (N-methyl/N-ethyl adjacent to an activating group) is 1. The number of rotatable bonds is 10. The molecule has 2 rings (SSSR count). The molecule has 1 unspecified atom stereocenters. The Balaban J connectivity index is 0.00000364. The molecular weight excluding hydrogens is 473 g/mol. The van der Waals surface area contributed by atoms with Crippen molar-refractivity contribution >= 4 is 41.7 Å². The number of aromatic nitrogens is 3. The van der Waals surface area contributed by atoms with Crippen LogP contribution in [0.3, 0.4) is 0 Å². The van der Waals surface area contributed by atoms with E-state index in [1.165, 1.54) is 19.4 Å². The Morgan fingerprint density at radius 2 is 2.19 bits per heavy atom. The molecule has 0 amide bonds. The molecule has 7 nitrogen and oxygen atoms in total. The minimum absolute atomic E-state index is 0. The lowest BCUT2D eigenvalue weighted by Crippen LogP contribution is -2.36. The molecule has 0 aromatic carbocycles. The van der Waals surface area contributed by atoms with E-state index in [1.54, 1.807) is 11.8 Å². The highest BCUT2D eigenvalue weighted by atomic mass is 127. The van der Waals surface area contributed by atoms with Gasteiger partial charge in [-0.1, -0.05) is 32.5 Å².